The van der Waals surface area contributed by atoms with E-state index in [0.717, 1.165) is 11.5 Å². The van der Waals surface area contributed by atoms with E-state index in [9.17, 15) is 54.4 Å². The second kappa shape index (κ2) is 16.1. The molecule has 21 nitrogen and oxygen atoms in total. The fraction of sp³-hybridized carbons (Fsp3) is 0.650. The molecule has 0 aliphatic carbocycles. The topological polar surface area (TPSA) is 362 Å². The summed E-state index contributed by atoms with van der Waals surface area (Å²) in [6, 6.07) is -0.314. The lowest BCUT2D eigenvalue weighted by Gasteiger charge is -2.32. The molecule has 0 bridgehead atoms. The zero-order valence-corrected chi connectivity index (χ0v) is 22.6. The molecule has 0 saturated carbocycles. The van der Waals surface area contributed by atoms with Gasteiger partial charge in [0.25, 0.3) is 0 Å². The number of phosphoric acid groups is 1. The van der Waals surface area contributed by atoms with Crippen molar-refractivity contribution < 1.29 is 78.8 Å². The Kier molecular flexibility index (Phi) is 14.2. The van der Waals surface area contributed by atoms with Crippen molar-refractivity contribution in [3.05, 3.63) is 22.7 Å². The van der Waals surface area contributed by atoms with Gasteiger partial charge in [0.1, 0.15) is 42.4 Å². The van der Waals surface area contributed by atoms with Gasteiger partial charge in [-0.15, -0.1) is 0 Å². The number of rotatable bonds is 13. The van der Waals surface area contributed by atoms with Crippen LogP contribution in [0.3, 0.4) is 0 Å². The minimum Gasteiger partial charge on any atom is -0.475 e. The minimum atomic E-state index is -4.74. The number of Topliss-reactive ketones (excluding diaryl/α,β-unsaturated/α-hetero) is 1. The number of nitrogens with two attached hydrogens (primary N) is 1. The molecule has 1 aromatic heterocycles. The second-order valence-electron chi connectivity index (χ2n) is 8.83. The highest BCUT2D eigenvalue weighted by Crippen LogP contribution is 2.38. The number of amides is 1. The van der Waals surface area contributed by atoms with Crippen molar-refractivity contribution in [2.75, 3.05) is 18.9 Å². The van der Waals surface area contributed by atoms with E-state index in [1.165, 1.54) is 12.3 Å². The van der Waals surface area contributed by atoms with E-state index in [1.54, 1.807) is 0 Å². The summed E-state index contributed by atoms with van der Waals surface area (Å²) in [5.41, 5.74) is 4.52. The largest absolute Gasteiger partial charge is 0.475 e. The van der Waals surface area contributed by atoms with Crippen LogP contribution in [-0.2, 0) is 28.2 Å². The second-order valence-corrected chi connectivity index (χ2v) is 10.1. The smallest absolute Gasteiger partial charge is 0.469 e. The molecule has 1 aliphatic rings. The van der Waals surface area contributed by atoms with Crippen LogP contribution < -0.4 is 16.7 Å². The Bertz CT molecular complexity index is 1180. The molecule has 1 aromatic rings. The predicted octanol–water partition coefficient (Wildman–Crippen LogP) is -6.48. The number of carbonyl (C=O) groups excluding carboxylic acids is 2. The number of hydrogen-bond donors (Lipinski definition) is 12. The number of hydrogen-bond acceptors (Lipinski definition) is 16. The number of nitrogens with one attached hydrogen (secondary N) is 1. The van der Waals surface area contributed by atoms with E-state index >= 15 is 0 Å². The molecule has 22 heteroatoms. The van der Waals surface area contributed by atoms with Crippen molar-refractivity contribution in [1.82, 2.24) is 14.9 Å². The number of nitrogen functional groups attached to an aromatic ring is 1. The highest BCUT2D eigenvalue weighted by molar-refractivity contribution is 7.46. The first kappa shape index (κ1) is 37.1. The van der Waals surface area contributed by atoms with Gasteiger partial charge in [0.15, 0.2) is 6.23 Å². The number of carboxylic acids is 1. The maximum Gasteiger partial charge on any atom is 0.469 e. The van der Waals surface area contributed by atoms with E-state index in [4.69, 9.17) is 30.5 Å². The predicted molar refractivity (Wildman–Crippen MR) is 133 cm³/mol. The third-order valence-electron chi connectivity index (χ3n) is 5.59. The first-order chi connectivity index (χ1) is 19.3. The molecule has 0 radical (unpaired) electrons. The number of ketones is 1. The van der Waals surface area contributed by atoms with Crippen LogP contribution in [0.4, 0.5) is 5.82 Å². The van der Waals surface area contributed by atoms with Crippen molar-refractivity contribution in [2.24, 2.45) is 0 Å². The lowest BCUT2D eigenvalue weighted by Crippen LogP contribution is -2.57. The number of aliphatic hydroxyl groups is 7. The molecule has 1 amide bonds. The van der Waals surface area contributed by atoms with E-state index in [-0.39, 0.29) is 5.82 Å². The van der Waals surface area contributed by atoms with Gasteiger partial charge in [0.05, 0.1) is 25.4 Å². The summed E-state index contributed by atoms with van der Waals surface area (Å²) in [7, 11) is -4.74. The molecule has 13 N–H and O–H groups in total. The lowest BCUT2D eigenvalue weighted by atomic mass is 9.94. The van der Waals surface area contributed by atoms with Crippen LogP contribution in [0.5, 0.6) is 0 Å². The van der Waals surface area contributed by atoms with E-state index < -0.39 is 106 Å². The lowest BCUT2D eigenvalue weighted by molar-refractivity contribution is -0.151. The summed E-state index contributed by atoms with van der Waals surface area (Å²) >= 11 is 0. The summed E-state index contributed by atoms with van der Waals surface area (Å²) in [6.45, 7) is -0.522. The van der Waals surface area contributed by atoms with E-state index in [2.05, 4.69) is 9.51 Å². The van der Waals surface area contributed by atoms with Crippen molar-refractivity contribution in [3.63, 3.8) is 0 Å². The zero-order chi connectivity index (χ0) is 32.5. The molecule has 9 atom stereocenters. The summed E-state index contributed by atoms with van der Waals surface area (Å²) in [4.78, 5) is 64.7. The van der Waals surface area contributed by atoms with E-state index in [0.29, 0.717) is 0 Å². The van der Waals surface area contributed by atoms with Gasteiger partial charge in [0.2, 0.25) is 11.7 Å². The van der Waals surface area contributed by atoms with Gasteiger partial charge >= 0.3 is 19.5 Å². The number of ether oxygens (including phenoxy) is 1. The molecule has 1 fully saturated rings. The summed E-state index contributed by atoms with van der Waals surface area (Å²) in [5, 5.41) is 77.1. The fourth-order valence-corrected chi connectivity index (χ4v) is 3.82. The normalized spacial score (nSPS) is 24.0. The van der Waals surface area contributed by atoms with Crippen LogP contribution in [0, 0.1) is 0 Å². The monoisotopic (exact) mass is 632 g/mol. The van der Waals surface area contributed by atoms with Gasteiger partial charge in [-0.3, -0.25) is 18.7 Å². The molecule has 1 aliphatic heterocycles. The summed E-state index contributed by atoms with van der Waals surface area (Å²) in [6.07, 6.45) is -12.6. The molecule has 2 rings (SSSR count). The quantitative estimate of drug-likeness (QED) is 0.0710. The number of nitrogens with zero attached hydrogens (tertiary/aromatic N) is 2. The first-order valence-electron chi connectivity index (χ1n) is 11.7. The van der Waals surface area contributed by atoms with E-state index in [1.807, 2.05) is 5.32 Å². The molecule has 1 saturated heterocycles. The molecule has 2 heterocycles. The van der Waals surface area contributed by atoms with Crippen LogP contribution in [-0.4, -0.2) is 140 Å². The van der Waals surface area contributed by atoms with Crippen LogP contribution in [0.15, 0.2) is 17.1 Å². The molecule has 42 heavy (non-hydrogen) atoms. The van der Waals surface area contributed by atoms with Gasteiger partial charge < -0.3 is 66.4 Å². The van der Waals surface area contributed by atoms with Crippen LogP contribution >= 0.6 is 7.82 Å². The standard InChI is InChI=1S/C11H19NO9.C9H14N3O8P/c1-4(14)12-8(5(15)2-6(16)11(20)21)10(19)9(18)7(17)3-13;10-5-1-2-12(9(15)11-5)8-7(14)6(13)4(20-8)3-19-21(16,17)18/h5,7-10,13,15,17-19H,2-3H2,1H3,(H,12,14)(H,20,21);1-2,4,6-8,13-14H,3H2,(H2,10,11,15)(H2,16,17,18)/t5-,7+,8+,9+,10+;4-,6-,7-,8-/m01/s1. The Morgan fingerprint density at radius 1 is 1.14 bits per heavy atom. The van der Waals surface area contributed by atoms with Crippen molar-refractivity contribution in [3.8, 4) is 0 Å². The maximum absolute atomic E-state index is 11.6. The van der Waals surface area contributed by atoms with Gasteiger partial charge in [0, 0.05) is 19.5 Å². The van der Waals surface area contributed by atoms with Crippen LogP contribution in [0.1, 0.15) is 19.6 Å². The molecule has 0 aromatic carbocycles. The van der Waals surface area contributed by atoms with Gasteiger partial charge in [-0.05, 0) is 6.07 Å². The third kappa shape index (κ3) is 11.1. The number of aliphatic hydroxyl groups excluding tert-OH is 7. The van der Waals surface area contributed by atoms with Crippen molar-refractivity contribution >= 4 is 31.3 Å². The number of carboxylic acid groups (broad SMARTS) is 1. The summed E-state index contributed by atoms with van der Waals surface area (Å²) in [5.74, 6) is -3.92. The number of phosphoric ester groups is 1. The minimum absolute atomic E-state index is 0.0225. The number of aliphatic carboxylic acids is 1. The highest BCUT2D eigenvalue weighted by atomic mass is 31.2. The number of carbonyl (C=O) groups is 3. The van der Waals surface area contributed by atoms with Gasteiger partial charge in [-0.1, -0.05) is 0 Å². The third-order valence-corrected chi connectivity index (χ3v) is 6.07. The van der Waals surface area contributed by atoms with Crippen LogP contribution in [0.25, 0.3) is 0 Å². The first-order valence-corrected chi connectivity index (χ1v) is 13.3. The Morgan fingerprint density at radius 3 is 2.21 bits per heavy atom. The van der Waals surface area contributed by atoms with Crippen molar-refractivity contribution in [1.29, 1.82) is 0 Å². The Balaban J connectivity index is 0.000000420. The molecular formula is C20H33N4O17P. The fourth-order valence-electron chi connectivity index (χ4n) is 3.48. The van der Waals surface area contributed by atoms with Gasteiger partial charge in [-0.2, -0.15) is 4.98 Å². The van der Waals surface area contributed by atoms with Gasteiger partial charge in [-0.25, -0.2) is 14.2 Å². The number of aromatic nitrogens is 2. The number of anilines is 1. The molecular weight excluding hydrogens is 599 g/mol. The maximum atomic E-state index is 11.6. The average Bonchev–Trinajstić information content (AvgIpc) is 3.17. The van der Waals surface area contributed by atoms with Crippen LogP contribution in [0.2, 0.25) is 0 Å². The molecule has 0 unspecified atom stereocenters. The SMILES string of the molecule is CC(=O)N[C@@H]([C@@H](O)[C@H](O)[C@H](O)CO)[C@@H](O)CC(=O)C(=O)O.Nc1ccn([C@@H]2O[C@H](COP(=O)(O)O)[C@@H](O)[C@H]2O)c(=O)n1. The Morgan fingerprint density at radius 2 is 1.74 bits per heavy atom. The van der Waals surface area contributed by atoms with Crippen molar-refractivity contribution in [2.45, 2.75) is 68.3 Å². The Hall–Kier alpha value is -2.92. The Labute approximate surface area is 235 Å². The average molecular weight is 632 g/mol. The summed E-state index contributed by atoms with van der Waals surface area (Å²) < 4.78 is 20.9. The zero-order valence-electron chi connectivity index (χ0n) is 21.7. The molecule has 240 valence electrons. The molecule has 0 spiro atoms. The highest BCUT2D eigenvalue weighted by Gasteiger charge is 2.45.